The van der Waals surface area contributed by atoms with Crippen LogP contribution in [0.4, 0.5) is 11.4 Å². The Morgan fingerprint density at radius 1 is 1.48 bits per heavy atom. The number of carbonyl (C=O) groups is 1. The van der Waals surface area contributed by atoms with E-state index in [2.05, 4.69) is 10.3 Å². The number of aromatic nitrogens is 2. The van der Waals surface area contributed by atoms with Gasteiger partial charge in [-0.05, 0) is 25.1 Å². The van der Waals surface area contributed by atoms with Crippen LogP contribution in [0.2, 0.25) is 0 Å². The summed E-state index contributed by atoms with van der Waals surface area (Å²) in [6, 6.07) is 5.30. The summed E-state index contributed by atoms with van der Waals surface area (Å²) in [7, 11) is 3.88. The van der Waals surface area contributed by atoms with E-state index in [9.17, 15) is 4.79 Å². The van der Waals surface area contributed by atoms with Gasteiger partial charge in [0, 0.05) is 38.6 Å². The van der Waals surface area contributed by atoms with Crippen molar-refractivity contribution in [1.29, 1.82) is 0 Å². The van der Waals surface area contributed by atoms with Gasteiger partial charge in [-0.1, -0.05) is 0 Å². The summed E-state index contributed by atoms with van der Waals surface area (Å²) >= 11 is 0. The fourth-order valence-electron chi connectivity index (χ4n) is 2.12. The number of imidazole rings is 1. The van der Waals surface area contributed by atoms with Gasteiger partial charge in [0.2, 0.25) is 0 Å². The van der Waals surface area contributed by atoms with E-state index in [0.29, 0.717) is 24.3 Å². The molecule has 0 unspecified atom stereocenters. The van der Waals surface area contributed by atoms with Crippen molar-refractivity contribution in [1.82, 2.24) is 14.9 Å². The monoisotopic (exact) mass is 287 g/mol. The summed E-state index contributed by atoms with van der Waals surface area (Å²) in [6.45, 7) is 3.11. The molecule has 0 bridgehead atoms. The van der Waals surface area contributed by atoms with Crippen LogP contribution < -0.4 is 16.0 Å². The summed E-state index contributed by atoms with van der Waals surface area (Å²) in [5.41, 5.74) is 8.10. The lowest BCUT2D eigenvalue weighted by atomic mass is 10.1. The Kier molecular flexibility index (Phi) is 4.47. The highest BCUT2D eigenvalue weighted by Crippen LogP contribution is 2.24. The van der Waals surface area contributed by atoms with E-state index in [-0.39, 0.29) is 5.91 Å². The molecule has 112 valence electrons. The second-order valence-corrected chi connectivity index (χ2v) is 4.94. The van der Waals surface area contributed by atoms with Gasteiger partial charge in [0.25, 0.3) is 5.91 Å². The van der Waals surface area contributed by atoms with E-state index in [1.54, 1.807) is 18.3 Å². The molecule has 1 amide bonds. The van der Waals surface area contributed by atoms with Gasteiger partial charge in [-0.25, -0.2) is 4.98 Å². The Morgan fingerprint density at radius 2 is 2.24 bits per heavy atom. The van der Waals surface area contributed by atoms with Crippen LogP contribution in [0.25, 0.3) is 0 Å². The predicted octanol–water partition coefficient (Wildman–Crippen LogP) is 1.39. The van der Waals surface area contributed by atoms with Crippen LogP contribution >= 0.6 is 0 Å². The molecule has 0 aliphatic rings. The maximum absolute atomic E-state index is 11.9. The summed E-state index contributed by atoms with van der Waals surface area (Å²) in [5.74, 6) is 0.837. The maximum Gasteiger partial charge on any atom is 0.251 e. The first-order chi connectivity index (χ1) is 10.0. The average molecular weight is 287 g/mol. The number of rotatable bonds is 5. The molecular weight excluding hydrogens is 266 g/mol. The molecule has 6 heteroatoms. The highest BCUT2D eigenvalue weighted by molar-refractivity contribution is 5.96. The Balaban J connectivity index is 2.23. The third-order valence-corrected chi connectivity index (χ3v) is 3.34. The standard InChI is InChI=1S/C15H21N5O/c1-4-17-15(21)11-5-6-12(16)13(9-11)20(3)10-14-18-7-8-19(14)2/h5-9H,4,10,16H2,1-3H3,(H,17,21). The number of nitrogens with two attached hydrogens (primary N) is 1. The minimum Gasteiger partial charge on any atom is -0.397 e. The van der Waals surface area contributed by atoms with Gasteiger partial charge >= 0.3 is 0 Å². The van der Waals surface area contributed by atoms with E-state index < -0.39 is 0 Å². The molecule has 0 saturated heterocycles. The first-order valence-electron chi connectivity index (χ1n) is 6.88. The van der Waals surface area contributed by atoms with Gasteiger partial charge in [0.05, 0.1) is 17.9 Å². The zero-order valence-electron chi connectivity index (χ0n) is 12.6. The number of hydrogen-bond donors (Lipinski definition) is 2. The lowest BCUT2D eigenvalue weighted by Gasteiger charge is -2.21. The van der Waals surface area contributed by atoms with Crippen LogP contribution in [0.5, 0.6) is 0 Å². The van der Waals surface area contributed by atoms with Crippen molar-refractivity contribution >= 4 is 17.3 Å². The van der Waals surface area contributed by atoms with Gasteiger partial charge in [0.15, 0.2) is 0 Å². The van der Waals surface area contributed by atoms with Crippen molar-refractivity contribution in [2.45, 2.75) is 13.5 Å². The van der Waals surface area contributed by atoms with Crippen LogP contribution in [-0.4, -0.2) is 29.1 Å². The van der Waals surface area contributed by atoms with Crippen molar-refractivity contribution in [3.8, 4) is 0 Å². The normalized spacial score (nSPS) is 10.4. The molecule has 0 aliphatic carbocycles. The molecular formula is C15H21N5O. The molecule has 1 heterocycles. The van der Waals surface area contributed by atoms with Crippen LogP contribution in [0.3, 0.4) is 0 Å². The lowest BCUT2D eigenvalue weighted by Crippen LogP contribution is -2.24. The maximum atomic E-state index is 11.9. The van der Waals surface area contributed by atoms with E-state index in [1.807, 2.05) is 42.7 Å². The molecule has 0 fully saturated rings. The summed E-state index contributed by atoms with van der Waals surface area (Å²) in [6.07, 6.45) is 3.66. The summed E-state index contributed by atoms with van der Waals surface area (Å²) in [5, 5.41) is 2.79. The number of nitrogens with zero attached hydrogens (tertiary/aromatic N) is 3. The smallest absolute Gasteiger partial charge is 0.251 e. The van der Waals surface area contributed by atoms with Gasteiger partial charge in [-0.15, -0.1) is 0 Å². The second-order valence-electron chi connectivity index (χ2n) is 4.94. The molecule has 3 N–H and O–H groups in total. The van der Waals surface area contributed by atoms with E-state index in [4.69, 9.17) is 5.73 Å². The van der Waals surface area contributed by atoms with Crippen molar-refractivity contribution in [3.05, 3.63) is 42.0 Å². The Labute approximate surface area is 124 Å². The Bertz CT molecular complexity index is 635. The van der Waals surface area contributed by atoms with Gasteiger partial charge in [-0.3, -0.25) is 4.79 Å². The zero-order valence-corrected chi connectivity index (χ0v) is 12.6. The number of anilines is 2. The minimum atomic E-state index is -0.0934. The molecule has 6 nitrogen and oxygen atoms in total. The number of amides is 1. The number of nitrogen functional groups attached to an aromatic ring is 1. The van der Waals surface area contributed by atoms with Crippen LogP contribution in [-0.2, 0) is 13.6 Å². The fraction of sp³-hybridized carbons (Fsp3) is 0.333. The van der Waals surface area contributed by atoms with Gasteiger partial charge in [0.1, 0.15) is 5.82 Å². The number of nitrogens with one attached hydrogen (secondary N) is 1. The third kappa shape index (κ3) is 3.34. The number of aryl methyl sites for hydroxylation is 1. The van der Waals surface area contributed by atoms with E-state index >= 15 is 0 Å². The minimum absolute atomic E-state index is 0.0934. The summed E-state index contributed by atoms with van der Waals surface area (Å²) < 4.78 is 1.96. The third-order valence-electron chi connectivity index (χ3n) is 3.34. The van der Waals surface area contributed by atoms with Crippen molar-refractivity contribution in [2.24, 2.45) is 7.05 Å². The molecule has 2 rings (SSSR count). The van der Waals surface area contributed by atoms with E-state index in [1.165, 1.54) is 0 Å². The number of hydrogen-bond acceptors (Lipinski definition) is 4. The molecule has 0 atom stereocenters. The van der Waals surface area contributed by atoms with Crippen molar-refractivity contribution < 1.29 is 4.79 Å². The van der Waals surface area contributed by atoms with Gasteiger partial charge < -0.3 is 20.5 Å². The summed E-state index contributed by atoms with van der Waals surface area (Å²) in [4.78, 5) is 18.2. The highest BCUT2D eigenvalue weighted by atomic mass is 16.1. The first kappa shape index (κ1) is 14.9. The number of carbonyl (C=O) groups excluding carboxylic acids is 1. The highest BCUT2D eigenvalue weighted by Gasteiger charge is 2.12. The van der Waals surface area contributed by atoms with Crippen molar-refractivity contribution in [2.75, 3.05) is 24.2 Å². The largest absolute Gasteiger partial charge is 0.397 e. The SMILES string of the molecule is CCNC(=O)c1ccc(N)c(N(C)Cc2nccn2C)c1. The molecule has 21 heavy (non-hydrogen) atoms. The van der Waals surface area contributed by atoms with Crippen LogP contribution in [0.15, 0.2) is 30.6 Å². The molecule has 2 aromatic rings. The Hall–Kier alpha value is -2.50. The van der Waals surface area contributed by atoms with Crippen LogP contribution in [0, 0.1) is 0 Å². The number of benzene rings is 1. The average Bonchev–Trinajstić information content (AvgIpc) is 2.85. The van der Waals surface area contributed by atoms with Crippen molar-refractivity contribution in [3.63, 3.8) is 0 Å². The predicted molar refractivity (Wildman–Crippen MR) is 84.2 cm³/mol. The topological polar surface area (TPSA) is 76.2 Å². The lowest BCUT2D eigenvalue weighted by molar-refractivity contribution is 0.0956. The molecule has 0 radical (unpaired) electrons. The quantitative estimate of drug-likeness (QED) is 0.815. The molecule has 1 aromatic heterocycles. The van der Waals surface area contributed by atoms with E-state index in [0.717, 1.165) is 11.5 Å². The molecule has 0 spiro atoms. The van der Waals surface area contributed by atoms with Crippen LogP contribution in [0.1, 0.15) is 23.1 Å². The molecule has 0 aliphatic heterocycles. The van der Waals surface area contributed by atoms with Gasteiger partial charge in [-0.2, -0.15) is 0 Å². The zero-order chi connectivity index (χ0) is 15.4. The Morgan fingerprint density at radius 3 is 2.86 bits per heavy atom. The fourth-order valence-corrected chi connectivity index (χ4v) is 2.12. The molecule has 0 saturated carbocycles. The molecule has 1 aromatic carbocycles. The first-order valence-corrected chi connectivity index (χ1v) is 6.88. The second kappa shape index (κ2) is 6.30.